The zero-order valence-electron chi connectivity index (χ0n) is 9.55. The fourth-order valence-corrected chi connectivity index (χ4v) is 2.14. The van der Waals surface area contributed by atoms with E-state index >= 15 is 0 Å². The minimum Gasteiger partial charge on any atom is -0.389 e. The van der Waals surface area contributed by atoms with Crippen LogP contribution in [-0.2, 0) is 11.8 Å². The minimum absolute atomic E-state index is 0.128. The molecule has 0 aliphatic heterocycles. The fraction of sp³-hybridized carbons (Fsp3) is 0.727. The smallest absolute Gasteiger partial charge is 0.109 e. The lowest BCUT2D eigenvalue weighted by Crippen LogP contribution is -2.10. The van der Waals surface area contributed by atoms with Crippen LogP contribution in [-0.4, -0.2) is 4.98 Å². The Hall–Kier alpha value is -0.570. The molecule has 0 saturated carbocycles. The van der Waals surface area contributed by atoms with E-state index in [1.807, 2.05) is 0 Å². The molecule has 0 aromatic carbocycles. The lowest BCUT2D eigenvalue weighted by Gasteiger charge is -2.13. The van der Waals surface area contributed by atoms with Gasteiger partial charge in [-0.3, -0.25) is 0 Å². The molecule has 1 aromatic heterocycles. The van der Waals surface area contributed by atoms with Gasteiger partial charge in [0.1, 0.15) is 10.0 Å². The first kappa shape index (κ1) is 11.5. The van der Waals surface area contributed by atoms with Crippen molar-refractivity contribution in [3.8, 4) is 0 Å². The second-order valence-corrected chi connectivity index (χ2v) is 5.71. The third-order valence-corrected chi connectivity index (χ3v) is 3.49. The Kier molecular flexibility index (Phi) is 3.53. The molecule has 0 aliphatic carbocycles. The van der Waals surface area contributed by atoms with Gasteiger partial charge in [-0.05, 0) is 12.8 Å². The van der Waals surface area contributed by atoms with Gasteiger partial charge in [0, 0.05) is 5.41 Å². The zero-order chi connectivity index (χ0) is 10.8. The van der Waals surface area contributed by atoms with E-state index in [2.05, 4.69) is 32.7 Å². The van der Waals surface area contributed by atoms with Crippen LogP contribution < -0.4 is 5.73 Å². The molecule has 0 amide bonds. The molecule has 0 unspecified atom stereocenters. The molecule has 2 N–H and O–H groups in total. The lowest BCUT2D eigenvalue weighted by molar-refractivity contribution is 0.582. The molecule has 1 aromatic rings. The summed E-state index contributed by atoms with van der Waals surface area (Å²) in [6, 6.07) is 0. The summed E-state index contributed by atoms with van der Waals surface area (Å²) in [6.07, 6.45) is 3.40. The standard InChI is InChI=1S/C11H20N2S/c1-5-6-7-8-9(12)14-10(13-8)11(2,3)4/h5-7,12H2,1-4H3. The van der Waals surface area contributed by atoms with Crippen LogP contribution in [0.1, 0.15) is 51.2 Å². The molecule has 0 spiro atoms. The molecule has 0 aliphatic rings. The molecular formula is C11H20N2S. The van der Waals surface area contributed by atoms with Crippen LogP contribution in [0.25, 0.3) is 0 Å². The second kappa shape index (κ2) is 4.30. The van der Waals surface area contributed by atoms with E-state index in [9.17, 15) is 0 Å². The number of aryl methyl sites for hydroxylation is 1. The molecule has 0 radical (unpaired) electrons. The van der Waals surface area contributed by atoms with Crippen LogP contribution in [0.3, 0.4) is 0 Å². The number of hydrogen-bond donors (Lipinski definition) is 1. The Morgan fingerprint density at radius 3 is 2.43 bits per heavy atom. The van der Waals surface area contributed by atoms with Crippen molar-refractivity contribution in [1.29, 1.82) is 0 Å². The van der Waals surface area contributed by atoms with Crippen LogP contribution in [0.4, 0.5) is 5.00 Å². The highest BCUT2D eigenvalue weighted by molar-refractivity contribution is 7.15. The van der Waals surface area contributed by atoms with Gasteiger partial charge < -0.3 is 5.73 Å². The first-order chi connectivity index (χ1) is 6.45. The summed E-state index contributed by atoms with van der Waals surface area (Å²) in [7, 11) is 0. The van der Waals surface area contributed by atoms with Gasteiger partial charge in [0.15, 0.2) is 0 Å². The number of nitrogens with two attached hydrogens (primary N) is 1. The number of hydrogen-bond acceptors (Lipinski definition) is 3. The zero-order valence-corrected chi connectivity index (χ0v) is 10.4. The number of unbranched alkanes of at least 4 members (excludes halogenated alkanes) is 1. The highest BCUT2D eigenvalue weighted by atomic mass is 32.1. The maximum absolute atomic E-state index is 5.93. The quantitative estimate of drug-likeness (QED) is 0.834. The van der Waals surface area contributed by atoms with Crippen molar-refractivity contribution in [2.45, 2.75) is 52.4 Å². The van der Waals surface area contributed by atoms with Gasteiger partial charge in [-0.15, -0.1) is 11.3 Å². The number of nitrogens with zero attached hydrogens (tertiary/aromatic N) is 1. The Bertz CT molecular complexity index is 297. The summed E-state index contributed by atoms with van der Waals surface area (Å²) in [6.45, 7) is 8.71. The van der Waals surface area contributed by atoms with E-state index < -0.39 is 0 Å². The topological polar surface area (TPSA) is 38.9 Å². The van der Waals surface area contributed by atoms with Crippen molar-refractivity contribution in [3.63, 3.8) is 0 Å². The maximum atomic E-state index is 5.93. The first-order valence-corrected chi connectivity index (χ1v) is 6.02. The van der Waals surface area contributed by atoms with Crippen LogP contribution in [0.15, 0.2) is 0 Å². The molecular weight excluding hydrogens is 192 g/mol. The van der Waals surface area contributed by atoms with E-state index in [1.165, 1.54) is 12.8 Å². The van der Waals surface area contributed by atoms with Crippen molar-refractivity contribution in [2.24, 2.45) is 0 Å². The summed E-state index contributed by atoms with van der Waals surface area (Å²) in [5, 5.41) is 2.06. The molecule has 2 nitrogen and oxygen atoms in total. The third-order valence-electron chi connectivity index (χ3n) is 2.14. The Morgan fingerprint density at radius 1 is 1.36 bits per heavy atom. The molecule has 0 bridgehead atoms. The van der Waals surface area contributed by atoms with E-state index in [0.717, 1.165) is 22.1 Å². The second-order valence-electron chi connectivity index (χ2n) is 4.68. The predicted molar refractivity (Wildman–Crippen MR) is 63.8 cm³/mol. The van der Waals surface area contributed by atoms with E-state index in [0.29, 0.717) is 0 Å². The van der Waals surface area contributed by atoms with Gasteiger partial charge in [-0.1, -0.05) is 34.1 Å². The highest BCUT2D eigenvalue weighted by Gasteiger charge is 2.20. The van der Waals surface area contributed by atoms with E-state index in [4.69, 9.17) is 5.73 Å². The Morgan fingerprint density at radius 2 is 2.00 bits per heavy atom. The number of nitrogen functional groups attached to an aromatic ring is 1. The summed E-state index contributed by atoms with van der Waals surface area (Å²) in [5.41, 5.74) is 7.16. The fourth-order valence-electron chi connectivity index (χ4n) is 1.21. The SMILES string of the molecule is CCCCc1nc(C(C)(C)C)sc1N. The van der Waals surface area contributed by atoms with Gasteiger partial charge in [-0.25, -0.2) is 4.98 Å². The van der Waals surface area contributed by atoms with Crippen molar-refractivity contribution in [3.05, 3.63) is 10.7 Å². The van der Waals surface area contributed by atoms with Gasteiger partial charge in [0.25, 0.3) is 0 Å². The molecule has 1 rings (SSSR count). The Labute approximate surface area is 90.6 Å². The van der Waals surface area contributed by atoms with Crippen LogP contribution in [0.5, 0.6) is 0 Å². The Balaban J connectivity index is 2.82. The molecule has 0 fully saturated rings. The van der Waals surface area contributed by atoms with E-state index in [-0.39, 0.29) is 5.41 Å². The van der Waals surface area contributed by atoms with Crippen molar-refractivity contribution in [1.82, 2.24) is 4.98 Å². The first-order valence-electron chi connectivity index (χ1n) is 5.20. The highest BCUT2D eigenvalue weighted by Crippen LogP contribution is 2.31. The maximum Gasteiger partial charge on any atom is 0.109 e. The number of anilines is 1. The average Bonchev–Trinajstić information content (AvgIpc) is 2.43. The summed E-state index contributed by atoms with van der Waals surface area (Å²) in [4.78, 5) is 4.61. The average molecular weight is 212 g/mol. The number of aromatic nitrogens is 1. The molecule has 3 heteroatoms. The van der Waals surface area contributed by atoms with E-state index in [1.54, 1.807) is 11.3 Å². The molecule has 0 atom stereocenters. The van der Waals surface area contributed by atoms with Crippen LogP contribution in [0.2, 0.25) is 0 Å². The molecule has 14 heavy (non-hydrogen) atoms. The van der Waals surface area contributed by atoms with Gasteiger partial charge in [-0.2, -0.15) is 0 Å². The van der Waals surface area contributed by atoms with Gasteiger partial charge in [0.2, 0.25) is 0 Å². The monoisotopic (exact) mass is 212 g/mol. The van der Waals surface area contributed by atoms with Crippen molar-refractivity contribution < 1.29 is 0 Å². The van der Waals surface area contributed by atoms with Gasteiger partial charge in [0.05, 0.1) is 5.69 Å². The normalized spacial score (nSPS) is 12.0. The number of rotatable bonds is 3. The third kappa shape index (κ3) is 2.71. The largest absolute Gasteiger partial charge is 0.389 e. The summed E-state index contributed by atoms with van der Waals surface area (Å²) in [5.74, 6) is 0. The van der Waals surface area contributed by atoms with Crippen LogP contribution in [0, 0.1) is 0 Å². The van der Waals surface area contributed by atoms with Crippen LogP contribution >= 0.6 is 11.3 Å². The van der Waals surface area contributed by atoms with Crippen molar-refractivity contribution >= 4 is 16.3 Å². The minimum atomic E-state index is 0.128. The summed E-state index contributed by atoms with van der Waals surface area (Å²) >= 11 is 1.64. The molecule has 0 saturated heterocycles. The predicted octanol–water partition coefficient (Wildman–Crippen LogP) is 3.37. The van der Waals surface area contributed by atoms with Crippen molar-refractivity contribution in [2.75, 3.05) is 5.73 Å². The summed E-state index contributed by atoms with van der Waals surface area (Å²) < 4.78 is 0. The number of thiazole rings is 1. The van der Waals surface area contributed by atoms with Gasteiger partial charge >= 0.3 is 0 Å². The lowest BCUT2D eigenvalue weighted by atomic mass is 9.98. The molecule has 80 valence electrons. The molecule has 1 heterocycles.